The Bertz CT molecular complexity index is 584. The lowest BCUT2D eigenvalue weighted by Gasteiger charge is -2.42. The molecular weight excluding hydrogens is 270 g/mol. The van der Waals surface area contributed by atoms with E-state index in [0.717, 1.165) is 0 Å². The van der Waals surface area contributed by atoms with Crippen molar-refractivity contribution in [3.05, 3.63) is 39.4 Å². The van der Waals surface area contributed by atoms with Crippen LogP contribution in [0.1, 0.15) is 36.2 Å². The van der Waals surface area contributed by atoms with Crippen LogP contribution in [0.25, 0.3) is 0 Å². The number of carbonyl (C=O) groups is 1. The van der Waals surface area contributed by atoms with Gasteiger partial charge in [0.15, 0.2) is 0 Å². The zero-order chi connectivity index (χ0) is 15.8. The predicted octanol–water partition coefficient (Wildman–Crippen LogP) is 2.10. The quantitative estimate of drug-likeness (QED) is 0.667. The van der Waals surface area contributed by atoms with Crippen LogP contribution >= 0.6 is 0 Å². The summed E-state index contributed by atoms with van der Waals surface area (Å²) in [6.45, 7) is 6.81. The summed E-state index contributed by atoms with van der Waals surface area (Å²) in [7, 11) is 0. The lowest BCUT2D eigenvalue weighted by molar-refractivity contribution is -0.385. The van der Waals surface area contributed by atoms with Crippen molar-refractivity contribution in [3.8, 4) is 0 Å². The van der Waals surface area contributed by atoms with Crippen LogP contribution in [0.4, 0.5) is 5.69 Å². The van der Waals surface area contributed by atoms with E-state index in [-0.39, 0.29) is 28.6 Å². The van der Waals surface area contributed by atoms with Gasteiger partial charge in [-0.1, -0.05) is 26.0 Å². The molecule has 1 saturated heterocycles. The van der Waals surface area contributed by atoms with Gasteiger partial charge < -0.3 is 10.6 Å². The second kappa shape index (κ2) is 5.44. The zero-order valence-electron chi connectivity index (χ0n) is 12.6. The maximum absolute atomic E-state index is 12.7. The van der Waals surface area contributed by atoms with Gasteiger partial charge in [-0.25, -0.2) is 0 Å². The minimum Gasteiger partial charge on any atom is -0.338 e. The third-order valence-electron chi connectivity index (χ3n) is 4.26. The molecule has 1 aliphatic rings. The number of carbonyl (C=O) groups excluding carboxylic acids is 1. The molecule has 1 aliphatic heterocycles. The van der Waals surface area contributed by atoms with Gasteiger partial charge in [-0.05, 0) is 24.3 Å². The van der Waals surface area contributed by atoms with Crippen molar-refractivity contribution < 1.29 is 9.72 Å². The summed E-state index contributed by atoms with van der Waals surface area (Å²) in [4.78, 5) is 25.1. The van der Waals surface area contributed by atoms with Crippen molar-refractivity contribution in [1.82, 2.24) is 4.90 Å². The van der Waals surface area contributed by atoms with Crippen molar-refractivity contribution in [3.63, 3.8) is 0 Å². The van der Waals surface area contributed by atoms with E-state index in [9.17, 15) is 14.9 Å². The Labute approximate surface area is 124 Å². The molecule has 0 spiro atoms. The van der Waals surface area contributed by atoms with Gasteiger partial charge in [0.25, 0.3) is 11.6 Å². The van der Waals surface area contributed by atoms with Gasteiger partial charge in [-0.2, -0.15) is 0 Å². The largest absolute Gasteiger partial charge is 0.338 e. The van der Waals surface area contributed by atoms with Crippen molar-refractivity contribution in [1.29, 1.82) is 0 Å². The molecule has 0 bridgehead atoms. The molecule has 2 rings (SSSR count). The van der Waals surface area contributed by atoms with Crippen molar-refractivity contribution >= 4 is 11.6 Å². The van der Waals surface area contributed by atoms with E-state index in [0.29, 0.717) is 25.1 Å². The maximum atomic E-state index is 12.7. The van der Waals surface area contributed by atoms with Crippen LogP contribution in [0.2, 0.25) is 0 Å². The topological polar surface area (TPSA) is 89.5 Å². The second-order valence-corrected chi connectivity index (χ2v) is 6.34. The average Bonchev–Trinajstić information content (AvgIpc) is 2.40. The number of likely N-dealkylation sites (tertiary alicyclic amines) is 1. The van der Waals surface area contributed by atoms with Gasteiger partial charge in [0, 0.05) is 25.2 Å². The lowest BCUT2D eigenvalue weighted by atomic mass is 9.79. The summed E-state index contributed by atoms with van der Waals surface area (Å²) in [6.07, 6.45) is 0.707. The fourth-order valence-corrected chi connectivity index (χ4v) is 2.79. The summed E-state index contributed by atoms with van der Waals surface area (Å²) in [5, 5.41) is 11.2. The number of hydrogen-bond acceptors (Lipinski definition) is 4. The molecule has 0 radical (unpaired) electrons. The van der Waals surface area contributed by atoms with E-state index >= 15 is 0 Å². The molecule has 1 atom stereocenters. The van der Waals surface area contributed by atoms with Crippen molar-refractivity contribution in [2.24, 2.45) is 11.1 Å². The lowest BCUT2D eigenvalue weighted by Crippen LogP contribution is -2.54. The fraction of sp³-hybridized carbons (Fsp3) is 0.533. The van der Waals surface area contributed by atoms with Crippen LogP contribution in [0.15, 0.2) is 18.2 Å². The molecule has 1 unspecified atom stereocenters. The monoisotopic (exact) mass is 291 g/mol. The minimum atomic E-state index is -0.499. The molecule has 1 heterocycles. The summed E-state index contributed by atoms with van der Waals surface area (Å²) in [6, 6.07) is 4.73. The number of hydrogen-bond donors (Lipinski definition) is 1. The van der Waals surface area contributed by atoms with E-state index in [4.69, 9.17) is 5.73 Å². The maximum Gasteiger partial charge on any atom is 0.282 e. The minimum absolute atomic E-state index is 0.0356. The molecule has 1 fully saturated rings. The first kappa shape index (κ1) is 15.4. The molecule has 21 heavy (non-hydrogen) atoms. The molecule has 6 heteroatoms. The Morgan fingerprint density at radius 2 is 2.14 bits per heavy atom. The van der Waals surface area contributed by atoms with Crippen LogP contribution in [0.3, 0.4) is 0 Å². The second-order valence-electron chi connectivity index (χ2n) is 6.34. The third-order valence-corrected chi connectivity index (χ3v) is 4.26. The number of nitrogens with zero attached hydrogens (tertiary/aromatic N) is 2. The highest BCUT2D eigenvalue weighted by atomic mass is 16.6. The van der Waals surface area contributed by atoms with Crippen LogP contribution in [-0.2, 0) is 0 Å². The highest BCUT2D eigenvalue weighted by Gasteiger charge is 2.37. The van der Waals surface area contributed by atoms with Crippen LogP contribution < -0.4 is 5.73 Å². The first-order valence-electron chi connectivity index (χ1n) is 7.03. The van der Waals surface area contributed by atoms with Gasteiger partial charge in [-0.3, -0.25) is 14.9 Å². The third kappa shape index (κ3) is 2.90. The molecule has 1 amide bonds. The Kier molecular flexibility index (Phi) is 4.00. The first-order chi connectivity index (χ1) is 9.74. The number of rotatable bonds is 2. The first-order valence-corrected chi connectivity index (χ1v) is 7.03. The Balaban J connectivity index is 2.35. The summed E-state index contributed by atoms with van der Waals surface area (Å²) in [5.41, 5.74) is 6.57. The molecule has 0 saturated carbocycles. The number of nitro groups is 1. The summed E-state index contributed by atoms with van der Waals surface area (Å²) in [5.74, 6) is -0.278. The van der Waals surface area contributed by atoms with Gasteiger partial charge in [0.1, 0.15) is 5.56 Å². The molecule has 114 valence electrons. The number of aryl methyl sites for hydroxylation is 1. The van der Waals surface area contributed by atoms with Crippen LogP contribution in [0.5, 0.6) is 0 Å². The number of nitro benzene ring substituents is 1. The standard InChI is InChI=1S/C15H21N3O3/c1-10-5-4-6-11(18(20)21)13(10)14(19)17-8-7-12(16)15(2,3)9-17/h4-6,12H,7-9,16H2,1-3H3. The smallest absolute Gasteiger partial charge is 0.282 e. The summed E-state index contributed by atoms with van der Waals surface area (Å²) >= 11 is 0. The molecular formula is C15H21N3O3. The van der Waals surface area contributed by atoms with E-state index in [1.54, 1.807) is 24.0 Å². The predicted molar refractivity (Wildman–Crippen MR) is 80.1 cm³/mol. The Hall–Kier alpha value is -1.95. The summed E-state index contributed by atoms with van der Waals surface area (Å²) < 4.78 is 0. The van der Waals surface area contributed by atoms with E-state index in [2.05, 4.69) is 0 Å². The van der Waals surface area contributed by atoms with Crippen molar-refractivity contribution in [2.45, 2.75) is 33.2 Å². The number of piperidine rings is 1. The van der Waals surface area contributed by atoms with Gasteiger partial charge >= 0.3 is 0 Å². The molecule has 6 nitrogen and oxygen atoms in total. The Morgan fingerprint density at radius 1 is 1.48 bits per heavy atom. The zero-order valence-corrected chi connectivity index (χ0v) is 12.6. The van der Waals surface area contributed by atoms with Crippen LogP contribution in [-0.4, -0.2) is 34.9 Å². The SMILES string of the molecule is Cc1cccc([N+](=O)[O-])c1C(=O)N1CCC(N)C(C)(C)C1. The van der Waals surface area contributed by atoms with Crippen molar-refractivity contribution in [2.75, 3.05) is 13.1 Å². The molecule has 0 aliphatic carbocycles. The number of benzene rings is 1. The van der Waals surface area contributed by atoms with Gasteiger partial charge in [0.2, 0.25) is 0 Å². The highest BCUT2D eigenvalue weighted by Crippen LogP contribution is 2.31. The Morgan fingerprint density at radius 3 is 2.71 bits per heavy atom. The molecule has 0 aromatic heterocycles. The van der Waals surface area contributed by atoms with E-state index in [1.807, 2.05) is 13.8 Å². The van der Waals surface area contributed by atoms with Gasteiger partial charge in [0.05, 0.1) is 4.92 Å². The number of nitrogens with two attached hydrogens (primary N) is 1. The molecule has 1 aromatic carbocycles. The molecule has 1 aromatic rings. The van der Waals surface area contributed by atoms with E-state index < -0.39 is 4.92 Å². The fourth-order valence-electron chi connectivity index (χ4n) is 2.79. The van der Waals surface area contributed by atoms with Gasteiger partial charge in [-0.15, -0.1) is 0 Å². The normalized spacial score (nSPS) is 21.1. The van der Waals surface area contributed by atoms with Crippen LogP contribution in [0, 0.1) is 22.5 Å². The van der Waals surface area contributed by atoms with E-state index in [1.165, 1.54) is 6.07 Å². The average molecular weight is 291 g/mol. The molecule has 2 N–H and O–H groups in total. The number of amides is 1. The highest BCUT2D eigenvalue weighted by molar-refractivity contribution is 5.99.